The van der Waals surface area contributed by atoms with Gasteiger partial charge in [-0.2, -0.15) is 0 Å². The van der Waals surface area contributed by atoms with Gasteiger partial charge >= 0.3 is 11.9 Å². The van der Waals surface area contributed by atoms with E-state index in [4.69, 9.17) is 34.2 Å². The number of aliphatic hydroxyl groups is 5. The van der Waals surface area contributed by atoms with Crippen LogP contribution in [0.4, 0.5) is 5.69 Å². The Morgan fingerprint density at radius 1 is 0.964 bits per heavy atom. The van der Waals surface area contributed by atoms with E-state index in [1.165, 1.54) is 14.2 Å². The molecule has 4 rings (SSSR count). The topological polar surface area (TPSA) is 314 Å². The van der Waals surface area contributed by atoms with Gasteiger partial charge in [-0.1, -0.05) is 30.3 Å². The number of nitrogens with two attached hydrogens (primary N) is 1. The highest BCUT2D eigenvalue weighted by molar-refractivity contribution is 5.96. The van der Waals surface area contributed by atoms with Crippen LogP contribution in [0.15, 0.2) is 53.5 Å². The molecular formula is C35H44N4O16. The van der Waals surface area contributed by atoms with E-state index >= 15 is 0 Å². The van der Waals surface area contributed by atoms with E-state index < -0.39 is 84.4 Å². The van der Waals surface area contributed by atoms with Crippen molar-refractivity contribution >= 4 is 23.6 Å². The first-order valence-corrected chi connectivity index (χ1v) is 16.6. The summed E-state index contributed by atoms with van der Waals surface area (Å²) < 4.78 is 32.8. The van der Waals surface area contributed by atoms with Crippen LogP contribution in [0.1, 0.15) is 33.2 Å². The van der Waals surface area contributed by atoms with Gasteiger partial charge in [0, 0.05) is 37.7 Å². The van der Waals surface area contributed by atoms with E-state index in [-0.39, 0.29) is 47.8 Å². The maximum Gasteiger partial charge on any atom is 0.344 e. The van der Waals surface area contributed by atoms with Crippen LogP contribution in [0.2, 0.25) is 0 Å². The number of carbonyl (C=O) groups excluding carboxylic acids is 1. The van der Waals surface area contributed by atoms with Crippen molar-refractivity contribution in [1.29, 1.82) is 0 Å². The first-order valence-electron chi connectivity index (χ1n) is 16.6. The lowest BCUT2D eigenvalue weighted by Gasteiger charge is -2.41. The molecule has 0 aromatic heterocycles. The Bertz CT molecular complexity index is 1810. The second kappa shape index (κ2) is 19.0. The number of anilines is 1. The fourth-order valence-electron chi connectivity index (χ4n) is 5.19. The van der Waals surface area contributed by atoms with Crippen molar-refractivity contribution in [1.82, 2.24) is 5.32 Å². The first-order chi connectivity index (χ1) is 26.2. The molecule has 1 aliphatic rings. The zero-order chi connectivity index (χ0) is 40.4. The summed E-state index contributed by atoms with van der Waals surface area (Å²) in [5, 5.41) is 89.6. The Balaban J connectivity index is 1.59. The molecule has 1 saturated heterocycles. The van der Waals surface area contributed by atoms with E-state index in [1.807, 2.05) is 30.3 Å². The van der Waals surface area contributed by atoms with Gasteiger partial charge in [-0.15, -0.1) is 0 Å². The number of hydrogen-bond acceptors (Lipinski definition) is 17. The Hall–Kier alpha value is -5.77. The Morgan fingerprint density at radius 3 is 2.29 bits per heavy atom. The van der Waals surface area contributed by atoms with Crippen LogP contribution in [0, 0.1) is 0 Å². The van der Waals surface area contributed by atoms with Gasteiger partial charge in [-0.3, -0.25) is 4.99 Å². The minimum atomic E-state index is -2.40. The fourth-order valence-corrected chi connectivity index (χ4v) is 5.19. The molecule has 0 radical (unpaired) electrons. The number of phenolic OH excluding ortho intramolecular Hbond substituents is 2. The quantitative estimate of drug-likeness (QED) is 0.0355. The Morgan fingerprint density at radius 2 is 1.65 bits per heavy atom. The highest BCUT2D eigenvalue weighted by Gasteiger charge is 2.49. The van der Waals surface area contributed by atoms with Crippen molar-refractivity contribution in [2.75, 3.05) is 39.4 Å². The van der Waals surface area contributed by atoms with Gasteiger partial charge in [0.05, 0.1) is 31.6 Å². The predicted molar refractivity (Wildman–Crippen MR) is 190 cm³/mol. The summed E-state index contributed by atoms with van der Waals surface area (Å²) in [5.41, 5.74) is 5.49. The zero-order valence-electron chi connectivity index (χ0n) is 29.9. The number of aliphatic hydroxyl groups excluding tert-OH is 5. The number of rotatable bonds is 17. The summed E-state index contributed by atoms with van der Waals surface area (Å²) in [6.45, 7) is 0.762. The highest BCUT2D eigenvalue weighted by atomic mass is 16.7. The van der Waals surface area contributed by atoms with Crippen LogP contribution < -0.4 is 35.3 Å². The van der Waals surface area contributed by atoms with E-state index in [2.05, 4.69) is 15.6 Å². The molecule has 0 aliphatic carbocycles. The highest BCUT2D eigenvalue weighted by Crippen LogP contribution is 2.46. The molecule has 1 fully saturated rings. The van der Waals surface area contributed by atoms with E-state index in [9.17, 15) is 50.4 Å². The number of esters is 1. The number of carbonyl (C=O) groups is 2. The standard InChI is InChI=1S/C35H44N4O16/c1-16(14-40)39-20-13-22(21(11-18(20)31(46)47)52-15-38-35(36)37-2)53-34-28(45)26(43)27(44)30(54-34)33(49)55-32(48)19-12-23(50-3)25(42)29(24(19)41)51-10-9-17-7-5-4-6-8-17/h4-8,11-13,16,26-28,30,33-34,39-45,49H,9-10,14-15H2,1-3H3,(H,46,47)(H3,36,37,38)/t16-,26+,27+,28-,30+,33+,34-/m1/s1. The van der Waals surface area contributed by atoms with Crippen molar-refractivity contribution in [3.05, 3.63) is 65.2 Å². The number of aromatic hydroxyl groups is 2. The van der Waals surface area contributed by atoms with E-state index in [1.54, 1.807) is 6.92 Å². The molecule has 3 aromatic rings. The van der Waals surface area contributed by atoms with Crippen LogP contribution in [0.25, 0.3) is 0 Å². The fraction of sp³-hybridized carbons (Fsp3) is 0.400. The largest absolute Gasteiger partial charge is 0.504 e. The summed E-state index contributed by atoms with van der Waals surface area (Å²) in [6.07, 6.45) is -12.2. The number of guanidine groups is 1. The maximum absolute atomic E-state index is 13.3. The van der Waals surface area contributed by atoms with Gasteiger partial charge in [-0.25, -0.2) is 9.59 Å². The third-order valence-electron chi connectivity index (χ3n) is 8.18. The van der Waals surface area contributed by atoms with Crippen molar-refractivity contribution in [2.24, 2.45) is 10.7 Å². The molecule has 300 valence electrons. The molecule has 12 N–H and O–H groups in total. The SMILES string of the molecule is CN=C(N)NCOc1cc(C(=O)O)c(N[C@H](C)CO)cc1O[C@@H]1O[C@H]([C@@H](O)OC(=O)c2cc(OC)c(O)c(OCCc3ccccc3)c2O)[C@@H](O)[C@H](O)[C@H]1O. The van der Waals surface area contributed by atoms with Crippen molar-refractivity contribution < 1.29 is 78.9 Å². The smallest absolute Gasteiger partial charge is 0.344 e. The number of aromatic carboxylic acids is 1. The number of carboxylic acid groups (broad SMARTS) is 1. The lowest BCUT2D eigenvalue weighted by Crippen LogP contribution is -2.62. The van der Waals surface area contributed by atoms with Crippen LogP contribution in [-0.2, 0) is 15.9 Å². The second-order valence-corrected chi connectivity index (χ2v) is 12.0. The molecule has 7 atom stereocenters. The number of nitrogens with zero attached hydrogens (tertiary/aromatic N) is 1. The number of hydrogen-bond donors (Lipinski definition) is 11. The molecule has 55 heavy (non-hydrogen) atoms. The number of benzene rings is 3. The second-order valence-electron chi connectivity index (χ2n) is 12.0. The van der Waals surface area contributed by atoms with Gasteiger partial charge in [0.15, 0.2) is 41.8 Å². The number of phenols is 2. The Labute approximate surface area is 313 Å². The third-order valence-corrected chi connectivity index (χ3v) is 8.18. The minimum absolute atomic E-state index is 0.0311. The third kappa shape index (κ3) is 10.3. The number of carboxylic acids is 1. The van der Waals surface area contributed by atoms with Crippen molar-refractivity contribution in [3.63, 3.8) is 0 Å². The van der Waals surface area contributed by atoms with Gasteiger partial charge in [0.2, 0.25) is 24.1 Å². The van der Waals surface area contributed by atoms with Crippen molar-refractivity contribution in [2.45, 2.75) is 56.4 Å². The molecular weight excluding hydrogens is 732 g/mol. The first kappa shape index (κ1) is 42.0. The molecule has 0 amide bonds. The molecule has 1 aliphatic heterocycles. The lowest BCUT2D eigenvalue weighted by molar-refractivity contribution is -0.309. The molecule has 0 bridgehead atoms. The predicted octanol–water partition coefficient (Wildman–Crippen LogP) is -0.549. The average Bonchev–Trinajstić information content (AvgIpc) is 3.16. The van der Waals surface area contributed by atoms with Crippen LogP contribution >= 0.6 is 0 Å². The number of ether oxygens (including phenoxy) is 6. The van der Waals surface area contributed by atoms with E-state index in [0.29, 0.717) is 6.42 Å². The molecule has 20 nitrogen and oxygen atoms in total. The summed E-state index contributed by atoms with van der Waals surface area (Å²) in [7, 11) is 2.57. The normalized spacial score (nSPS) is 20.8. The summed E-state index contributed by atoms with van der Waals surface area (Å²) in [4.78, 5) is 29.1. The molecule has 1 heterocycles. The molecule has 3 aromatic carbocycles. The molecule has 20 heteroatoms. The summed E-state index contributed by atoms with van der Waals surface area (Å²) in [6, 6.07) is 11.6. The van der Waals surface area contributed by atoms with Crippen LogP contribution in [0.5, 0.6) is 34.5 Å². The Kier molecular flexibility index (Phi) is 14.5. The summed E-state index contributed by atoms with van der Waals surface area (Å²) in [5.74, 6) is -5.72. The summed E-state index contributed by atoms with van der Waals surface area (Å²) >= 11 is 0. The van der Waals surface area contributed by atoms with Gasteiger partial charge in [0.25, 0.3) is 0 Å². The van der Waals surface area contributed by atoms with Gasteiger partial charge in [-0.05, 0) is 12.5 Å². The zero-order valence-corrected chi connectivity index (χ0v) is 29.9. The average molecular weight is 777 g/mol. The van der Waals surface area contributed by atoms with Crippen molar-refractivity contribution in [3.8, 4) is 34.5 Å². The number of methoxy groups -OCH3 is 1. The maximum atomic E-state index is 13.3. The van der Waals surface area contributed by atoms with Gasteiger partial charge < -0.3 is 85.6 Å². The monoisotopic (exact) mass is 776 g/mol. The van der Waals surface area contributed by atoms with Crippen LogP contribution in [0.3, 0.4) is 0 Å². The van der Waals surface area contributed by atoms with Gasteiger partial charge in [0.1, 0.15) is 23.9 Å². The number of aliphatic imine (C=N–C) groups is 1. The molecule has 0 unspecified atom stereocenters. The van der Waals surface area contributed by atoms with E-state index in [0.717, 1.165) is 23.8 Å². The number of nitrogens with one attached hydrogen (secondary N) is 2. The molecule has 0 spiro atoms. The van der Waals surface area contributed by atoms with Crippen LogP contribution in [-0.4, -0.2) is 136 Å². The minimum Gasteiger partial charge on any atom is -0.504 e. The molecule has 0 saturated carbocycles. The lowest BCUT2D eigenvalue weighted by atomic mass is 9.98.